The second-order valence-electron chi connectivity index (χ2n) is 10.9. The fourth-order valence-electron chi connectivity index (χ4n) is 6.47. The zero-order valence-electron chi connectivity index (χ0n) is 24.7. The summed E-state index contributed by atoms with van der Waals surface area (Å²) in [4.78, 5) is 0. The lowest BCUT2D eigenvalue weighted by atomic mass is 9.55. The van der Waals surface area contributed by atoms with Crippen LogP contribution in [0.2, 0.25) is 0 Å². The summed E-state index contributed by atoms with van der Waals surface area (Å²) >= 11 is 0. The van der Waals surface area contributed by atoms with E-state index in [1.54, 1.807) is 12.1 Å². The summed E-state index contributed by atoms with van der Waals surface area (Å²) in [6.45, 7) is 11.4. The second kappa shape index (κ2) is 12.5. The van der Waals surface area contributed by atoms with Crippen molar-refractivity contribution in [2.24, 2.45) is 11.3 Å². The maximum atomic E-state index is 14.1. The molecule has 0 saturated heterocycles. The van der Waals surface area contributed by atoms with Crippen LogP contribution in [0.3, 0.4) is 0 Å². The largest absolute Gasteiger partial charge is 0.494 e. The van der Waals surface area contributed by atoms with Crippen LogP contribution in [0.25, 0.3) is 0 Å². The monoisotopic (exact) mass is 582 g/mol. The number of benzene rings is 2. The zero-order valence-corrected chi connectivity index (χ0v) is 26.5. The van der Waals surface area contributed by atoms with Crippen LogP contribution >= 0.6 is 15.2 Å². The van der Waals surface area contributed by atoms with Crippen molar-refractivity contribution in [3.63, 3.8) is 0 Å². The Morgan fingerprint density at radius 2 is 1.15 bits per heavy atom. The molecule has 0 N–H and O–H groups in total. The highest BCUT2D eigenvalue weighted by molar-refractivity contribution is 7.62. The summed E-state index contributed by atoms with van der Waals surface area (Å²) in [5.74, 6) is 1.42. The van der Waals surface area contributed by atoms with Crippen molar-refractivity contribution in [2.45, 2.75) is 59.3 Å². The molecule has 3 rings (SSSR count). The van der Waals surface area contributed by atoms with Crippen LogP contribution in [-0.2, 0) is 32.6 Å². The summed E-state index contributed by atoms with van der Waals surface area (Å²) in [5.41, 5.74) is 0.724. The molecule has 218 valence electrons. The van der Waals surface area contributed by atoms with E-state index in [9.17, 15) is 9.13 Å². The van der Waals surface area contributed by atoms with Crippen molar-refractivity contribution >= 4 is 25.8 Å². The fraction of sp³-hybridized carbons (Fsp3) is 0.586. The molecule has 0 aliphatic heterocycles. The molecule has 10 heteroatoms. The third kappa shape index (κ3) is 6.32. The smallest absolute Gasteiger partial charge is 0.361 e. The van der Waals surface area contributed by atoms with Crippen molar-refractivity contribution in [1.29, 1.82) is 0 Å². The molecule has 0 heterocycles. The van der Waals surface area contributed by atoms with Crippen LogP contribution in [0.4, 0.5) is 0 Å². The lowest BCUT2D eigenvalue weighted by Crippen LogP contribution is -2.46. The van der Waals surface area contributed by atoms with Gasteiger partial charge in [0.1, 0.15) is 11.5 Å². The van der Waals surface area contributed by atoms with Gasteiger partial charge in [-0.05, 0) is 79.8 Å². The van der Waals surface area contributed by atoms with Gasteiger partial charge in [0, 0.05) is 33.9 Å². The average molecular weight is 583 g/mol. The van der Waals surface area contributed by atoms with Gasteiger partial charge in [0.25, 0.3) is 0 Å². The lowest BCUT2D eigenvalue weighted by Gasteiger charge is -2.50. The van der Waals surface area contributed by atoms with Crippen LogP contribution in [0, 0.1) is 11.3 Å². The highest BCUT2D eigenvalue weighted by Crippen LogP contribution is 2.59. The van der Waals surface area contributed by atoms with E-state index in [1.807, 2.05) is 38.1 Å². The Hall–Kier alpha value is -1.66. The summed E-state index contributed by atoms with van der Waals surface area (Å²) in [6, 6.07) is 11.2. The topological polar surface area (TPSA) is 89.5 Å². The molecule has 2 aromatic carbocycles. The maximum absolute atomic E-state index is 14.1. The molecule has 1 unspecified atom stereocenters. The quantitative estimate of drug-likeness (QED) is 0.252. The van der Waals surface area contributed by atoms with Gasteiger partial charge >= 0.3 is 15.2 Å². The molecule has 2 aromatic rings. The fourth-order valence-corrected chi connectivity index (χ4v) is 9.29. The van der Waals surface area contributed by atoms with Crippen LogP contribution in [0.5, 0.6) is 11.5 Å². The zero-order chi connectivity index (χ0) is 29.1. The Balaban J connectivity index is 2.51. The molecule has 1 saturated carbocycles. The first-order chi connectivity index (χ1) is 18.4. The van der Waals surface area contributed by atoms with Gasteiger partial charge in [0.15, 0.2) is 0 Å². The molecule has 1 fully saturated rings. The molecule has 1 atom stereocenters. The highest BCUT2D eigenvalue weighted by atomic mass is 31.2. The molecule has 0 radical (unpaired) electrons. The molecule has 0 aromatic heterocycles. The van der Waals surface area contributed by atoms with Crippen molar-refractivity contribution < 1.29 is 36.7 Å². The van der Waals surface area contributed by atoms with E-state index >= 15 is 0 Å². The molecule has 39 heavy (non-hydrogen) atoms. The Bertz CT molecular complexity index is 1150. The van der Waals surface area contributed by atoms with Gasteiger partial charge in [-0.3, -0.25) is 9.13 Å². The summed E-state index contributed by atoms with van der Waals surface area (Å²) in [5, 5.41) is 0.848. The van der Waals surface area contributed by atoms with E-state index < -0.39 is 20.6 Å². The van der Waals surface area contributed by atoms with Gasteiger partial charge in [-0.1, -0.05) is 32.9 Å². The lowest BCUT2D eigenvalue weighted by molar-refractivity contribution is 0.127. The first-order valence-corrected chi connectivity index (χ1v) is 16.4. The molecule has 0 bridgehead atoms. The predicted molar refractivity (Wildman–Crippen MR) is 155 cm³/mol. The molecular formula is C29H44O8P2. The van der Waals surface area contributed by atoms with Gasteiger partial charge < -0.3 is 27.6 Å². The Kier molecular flexibility index (Phi) is 10.2. The maximum Gasteiger partial charge on any atom is 0.361 e. The SMILES string of the molecule is CCOc1ccc(C2(c3ccc(OCC)cc3P(=O)(OC)OC)CC(C)CC(C)(C)C2)c(P(=O)(OC)OC)c1. The molecule has 1 aliphatic carbocycles. The summed E-state index contributed by atoms with van der Waals surface area (Å²) < 4.78 is 62.0. The minimum Gasteiger partial charge on any atom is -0.494 e. The van der Waals surface area contributed by atoms with Gasteiger partial charge in [0.05, 0.1) is 23.8 Å². The van der Waals surface area contributed by atoms with Crippen LogP contribution in [-0.4, -0.2) is 41.7 Å². The summed E-state index contributed by atoms with van der Waals surface area (Å²) in [7, 11) is -1.95. The van der Waals surface area contributed by atoms with Crippen molar-refractivity contribution in [3.8, 4) is 11.5 Å². The normalized spacial score (nSPS) is 19.1. The van der Waals surface area contributed by atoms with Gasteiger partial charge in [-0.25, -0.2) is 0 Å². The Morgan fingerprint density at radius 1 is 0.744 bits per heavy atom. The van der Waals surface area contributed by atoms with Crippen LogP contribution in [0.1, 0.15) is 65.0 Å². The predicted octanol–water partition coefficient (Wildman–Crippen LogP) is 6.84. The third-order valence-electron chi connectivity index (χ3n) is 7.52. The second-order valence-corrected chi connectivity index (χ2v) is 15.3. The number of hydrogen-bond acceptors (Lipinski definition) is 8. The number of hydrogen-bond donors (Lipinski definition) is 0. The van der Waals surface area contributed by atoms with E-state index in [1.165, 1.54) is 28.4 Å². The molecule has 8 nitrogen and oxygen atoms in total. The van der Waals surface area contributed by atoms with Gasteiger partial charge in [-0.15, -0.1) is 0 Å². The molecule has 0 amide bonds. The van der Waals surface area contributed by atoms with Crippen molar-refractivity contribution in [2.75, 3.05) is 41.7 Å². The standard InChI is InChI=1S/C29H44O8P2/c1-10-36-22-12-14-24(26(16-22)38(30,32-6)33-7)29(19-21(3)18-28(4,5)20-29)25-15-13-23(37-11-2)17-27(25)39(31,34-8)35-9/h12-17,21H,10-11,18-20H2,1-9H3. The van der Waals surface area contributed by atoms with Gasteiger partial charge in [-0.2, -0.15) is 0 Å². The highest BCUT2D eigenvalue weighted by Gasteiger charge is 2.50. The van der Waals surface area contributed by atoms with E-state index in [0.717, 1.165) is 17.5 Å². The van der Waals surface area contributed by atoms with Crippen molar-refractivity contribution in [3.05, 3.63) is 47.5 Å². The van der Waals surface area contributed by atoms with Crippen LogP contribution < -0.4 is 20.1 Å². The Labute approximate surface area is 233 Å². The third-order valence-corrected chi connectivity index (χ3v) is 11.4. The van der Waals surface area contributed by atoms with Crippen LogP contribution in [0.15, 0.2) is 36.4 Å². The van der Waals surface area contributed by atoms with E-state index in [0.29, 0.717) is 54.1 Å². The first kappa shape index (κ1) is 31.9. The number of ether oxygens (including phenoxy) is 2. The minimum atomic E-state index is -3.74. The molecule has 0 spiro atoms. The van der Waals surface area contributed by atoms with E-state index in [4.69, 9.17) is 27.6 Å². The van der Waals surface area contributed by atoms with E-state index in [2.05, 4.69) is 20.8 Å². The van der Waals surface area contributed by atoms with E-state index in [-0.39, 0.29) is 5.41 Å². The summed E-state index contributed by atoms with van der Waals surface area (Å²) in [6.07, 6.45) is 2.40. The number of rotatable bonds is 12. The Morgan fingerprint density at radius 3 is 1.49 bits per heavy atom. The van der Waals surface area contributed by atoms with Gasteiger partial charge in [0.2, 0.25) is 0 Å². The molecular weight excluding hydrogens is 538 g/mol. The first-order valence-electron chi connectivity index (χ1n) is 13.4. The minimum absolute atomic E-state index is 0.0996. The molecule has 1 aliphatic rings. The average Bonchev–Trinajstić information content (AvgIpc) is 2.91. The van der Waals surface area contributed by atoms with Crippen molar-refractivity contribution in [1.82, 2.24) is 0 Å².